The van der Waals surface area contributed by atoms with Gasteiger partial charge in [-0.05, 0) is 36.8 Å². The molecule has 0 atom stereocenters. The zero-order chi connectivity index (χ0) is 22.7. The predicted octanol–water partition coefficient (Wildman–Crippen LogP) is 6.81. The fourth-order valence-corrected chi connectivity index (χ4v) is 3.80. The highest BCUT2D eigenvalue weighted by molar-refractivity contribution is 6.33. The van der Waals surface area contributed by atoms with Crippen LogP contribution in [0, 0.1) is 0 Å². The van der Waals surface area contributed by atoms with E-state index in [1.54, 1.807) is 32.6 Å². The van der Waals surface area contributed by atoms with Crippen LogP contribution in [0.15, 0.2) is 77.4 Å². The Morgan fingerprint density at radius 1 is 0.969 bits per heavy atom. The van der Waals surface area contributed by atoms with Gasteiger partial charge in [0.2, 0.25) is 5.91 Å². The number of anilines is 1. The molecule has 0 saturated carbocycles. The summed E-state index contributed by atoms with van der Waals surface area (Å²) >= 11 is 6.15. The lowest BCUT2D eigenvalue weighted by Crippen LogP contribution is -2.09. The lowest BCUT2D eigenvalue weighted by Gasteiger charge is -2.11. The van der Waals surface area contributed by atoms with Crippen LogP contribution in [0.2, 0.25) is 5.02 Å². The topological polar surface area (TPSA) is 60.7 Å². The molecule has 32 heavy (non-hydrogen) atoms. The molecule has 0 bridgehead atoms. The molecule has 4 rings (SSSR count). The molecule has 0 aliphatic carbocycles. The summed E-state index contributed by atoms with van der Waals surface area (Å²) in [6.45, 7) is 1.86. The molecule has 162 valence electrons. The third-order valence-electron chi connectivity index (χ3n) is 5.20. The molecule has 0 spiro atoms. The fourth-order valence-electron chi connectivity index (χ4n) is 3.61. The largest absolute Gasteiger partial charge is 0.496 e. The van der Waals surface area contributed by atoms with Crippen LogP contribution in [0.4, 0.5) is 5.69 Å². The Morgan fingerprint density at radius 2 is 1.69 bits per heavy atom. The Morgan fingerprint density at radius 3 is 2.44 bits per heavy atom. The van der Waals surface area contributed by atoms with Crippen molar-refractivity contribution in [3.05, 3.63) is 83.6 Å². The Bertz CT molecular complexity index is 1320. The second-order valence-corrected chi connectivity index (χ2v) is 7.60. The van der Waals surface area contributed by atoms with Gasteiger partial charge in [0.15, 0.2) is 0 Å². The molecule has 0 radical (unpaired) electrons. The minimum absolute atomic E-state index is 0.283. The number of carbonyl (C=O) groups excluding carboxylic acids is 1. The van der Waals surface area contributed by atoms with Crippen LogP contribution in [-0.4, -0.2) is 20.1 Å². The number of allylic oxidation sites excluding steroid dienone is 1. The van der Waals surface area contributed by atoms with Gasteiger partial charge in [-0.25, -0.2) is 0 Å². The van der Waals surface area contributed by atoms with Crippen LogP contribution in [0.3, 0.4) is 0 Å². The van der Waals surface area contributed by atoms with Gasteiger partial charge in [-0.2, -0.15) is 0 Å². The first-order valence-electron chi connectivity index (χ1n) is 9.98. The Labute approximate surface area is 191 Å². The first-order chi connectivity index (χ1) is 15.5. The van der Waals surface area contributed by atoms with E-state index in [9.17, 15) is 4.79 Å². The molecule has 1 heterocycles. The van der Waals surface area contributed by atoms with E-state index in [0.29, 0.717) is 22.0 Å². The highest BCUT2D eigenvalue weighted by Gasteiger charge is 2.17. The number of ether oxygens (including phenoxy) is 2. The van der Waals surface area contributed by atoms with Crippen molar-refractivity contribution in [1.82, 2.24) is 0 Å². The van der Waals surface area contributed by atoms with Gasteiger partial charge in [-0.3, -0.25) is 4.79 Å². The van der Waals surface area contributed by atoms with Crippen molar-refractivity contribution < 1.29 is 18.7 Å². The molecule has 0 aliphatic heterocycles. The van der Waals surface area contributed by atoms with Gasteiger partial charge < -0.3 is 19.2 Å². The molecular formula is C26H22ClNO4. The smallest absolute Gasteiger partial charge is 0.248 e. The summed E-state index contributed by atoms with van der Waals surface area (Å²) < 4.78 is 16.9. The molecule has 5 nitrogen and oxygen atoms in total. The molecule has 0 saturated heterocycles. The van der Waals surface area contributed by atoms with E-state index < -0.39 is 0 Å². The summed E-state index contributed by atoms with van der Waals surface area (Å²) in [5.41, 5.74) is 4.57. The maximum absolute atomic E-state index is 12.6. The van der Waals surface area contributed by atoms with E-state index in [2.05, 4.69) is 5.32 Å². The van der Waals surface area contributed by atoms with Crippen molar-refractivity contribution in [2.24, 2.45) is 0 Å². The number of rotatable bonds is 6. The van der Waals surface area contributed by atoms with E-state index in [4.69, 9.17) is 25.5 Å². The molecule has 1 amide bonds. The van der Waals surface area contributed by atoms with E-state index in [1.807, 2.05) is 55.5 Å². The van der Waals surface area contributed by atoms with Gasteiger partial charge >= 0.3 is 0 Å². The number of fused-ring (bicyclic) bond motifs is 1. The van der Waals surface area contributed by atoms with Gasteiger partial charge in [-0.15, -0.1) is 0 Å². The molecule has 4 aromatic rings. The molecule has 0 unspecified atom stereocenters. The number of hydrogen-bond acceptors (Lipinski definition) is 4. The minimum Gasteiger partial charge on any atom is -0.496 e. The van der Waals surface area contributed by atoms with E-state index in [1.165, 1.54) is 6.08 Å². The van der Waals surface area contributed by atoms with Crippen LogP contribution >= 0.6 is 11.6 Å². The standard InChI is InChI=1S/C26H22ClNO4/c1-16(12-26(29)28-22-10-6-5-9-21(22)27)18-13-19-20(15-32-25(19)14-24(18)31-3)17-8-4-7-11-23(17)30-2/h4-15H,1-3H3,(H,28,29)/b16-12+. The second kappa shape index (κ2) is 9.20. The van der Waals surface area contributed by atoms with E-state index in [-0.39, 0.29) is 5.91 Å². The highest BCUT2D eigenvalue weighted by atomic mass is 35.5. The summed E-state index contributed by atoms with van der Waals surface area (Å²) in [4.78, 5) is 12.6. The van der Waals surface area contributed by atoms with Crippen LogP contribution < -0.4 is 14.8 Å². The normalized spacial score (nSPS) is 11.4. The number of carbonyl (C=O) groups is 1. The van der Waals surface area contributed by atoms with Crippen LogP contribution in [-0.2, 0) is 4.79 Å². The third-order valence-corrected chi connectivity index (χ3v) is 5.53. The fraction of sp³-hybridized carbons (Fsp3) is 0.115. The third kappa shape index (κ3) is 4.20. The van der Waals surface area contributed by atoms with Crippen molar-refractivity contribution in [1.29, 1.82) is 0 Å². The van der Waals surface area contributed by atoms with Crippen molar-refractivity contribution in [3.8, 4) is 22.6 Å². The number of para-hydroxylation sites is 2. The number of hydrogen-bond donors (Lipinski definition) is 1. The lowest BCUT2D eigenvalue weighted by molar-refractivity contribution is -0.111. The van der Waals surface area contributed by atoms with Crippen LogP contribution in [0.5, 0.6) is 11.5 Å². The predicted molar refractivity (Wildman–Crippen MR) is 128 cm³/mol. The molecular weight excluding hydrogens is 426 g/mol. The maximum Gasteiger partial charge on any atom is 0.248 e. The number of methoxy groups -OCH3 is 2. The number of halogens is 1. The zero-order valence-corrected chi connectivity index (χ0v) is 18.7. The average Bonchev–Trinajstić information content (AvgIpc) is 3.22. The Hall–Kier alpha value is -3.70. The summed E-state index contributed by atoms with van der Waals surface area (Å²) in [6, 6.07) is 18.6. The van der Waals surface area contributed by atoms with Gasteiger partial charge in [0.1, 0.15) is 17.1 Å². The SMILES string of the molecule is COc1cc2occ(-c3ccccc3OC)c2cc1/C(C)=C/C(=O)Nc1ccccc1Cl. The molecule has 0 aliphatic rings. The van der Waals surface area contributed by atoms with Crippen molar-refractivity contribution >= 4 is 39.7 Å². The number of furan rings is 1. The van der Waals surface area contributed by atoms with E-state index >= 15 is 0 Å². The van der Waals surface area contributed by atoms with Gasteiger partial charge in [0, 0.05) is 34.2 Å². The minimum atomic E-state index is -0.283. The van der Waals surface area contributed by atoms with Gasteiger partial charge in [0.25, 0.3) is 0 Å². The Kier molecular flexibility index (Phi) is 6.19. The number of benzene rings is 3. The lowest BCUT2D eigenvalue weighted by atomic mass is 9.98. The summed E-state index contributed by atoms with van der Waals surface area (Å²) in [7, 11) is 3.23. The molecule has 1 aromatic heterocycles. The second-order valence-electron chi connectivity index (χ2n) is 7.19. The number of amides is 1. The van der Waals surface area contributed by atoms with Crippen molar-refractivity contribution in [3.63, 3.8) is 0 Å². The average molecular weight is 448 g/mol. The van der Waals surface area contributed by atoms with Gasteiger partial charge in [-0.1, -0.05) is 41.9 Å². The monoisotopic (exact) mass is 447 g/mol. The summed E-state index contributed by atoms with van der Waals surface area (Å²) in [6.07, 6.45) is 3.23. The zero-order valence-electron chi connectivity index (χ0n) is 17.9. The number of nitrogens with one attached hydrogen (secondary N) is 1. The quantitative estimate of drug-likeness (QED) is 0.330. The van der Waals surface area contributed by atoms with Crippen LogP contribution in [0.25, 0.3) is 27.7 Å². The maximum atomic E-state index is 12.6. The first-order valence-corrected chi connectivity index (χ1v) is 10.4. The molecule has 3 aromatic carbocycles. The molecule has 0 fully saturated rings. The molecule has 1 N–H and O–H groups in total. The highest BCUT2D eigenvalue weighted by Crippen LogP contribution is 2.40. The van der Waals surface area contributed by atoms with E-state index in [0.717, 1.165) is 33.4 Å². The van der Waals surface area contributed by atoms with Crippen molar-refractivity contribution in [2.75, 3.05) is 19.5 Å². The Balaban J connectivity index is 1.75. The van der Waals surface area contributed by atoms with Crippen molar-refractivity contribution in [2.45, 2.75) is 6.92 Å². The molecule has 6 heteroatoms. The summed E-state index contributed by atoms with van der Waals surface area (Å²) in [5, 5.41) is 4.18. The summed E-state index contributed by atoms with van der Waals surface area (Å²) in [5.74, 6) is 1.08. The first kappa shape index (κ1) is 21.5. The van der Waals surface area contributed by atoms with Gasteiger partial charge in [0.05, 0.1) is 31.2 Å². The van der Waals surface area contributed by atoms with Crippen LogP contribution in [0.1, 0.15) is 12.5 Å².